The summed E-state index contributed by atoms with van der Waals surface area (Å²) in [7, 11) is -2.20. The van der Waals surface area contributed by atoms with Crippen LogP contribution < -0.4 is 0 Å². The molecule has 1 aromatic rings. The molecule has 166 valence electrons. The Bertz CT molecular complexity index is 758. The second kappa shape index (κ2) is 10.2. The molecule has 1 saturated heterocycles. The van der Waals surface area contributed by atoms with Gasteiger partial charge in [0.25, 0.3) is 8.32 Å². The predicted molar refractivity (Wildman–Crippen MR) is 119 cm³/mol. The highest BCUT2D eigenvalue weighted by Crippen LogP contribution is 2.39. The van der Waals surface area contributed by atoms with Gasteiger partial charge in [-0.05, 0) is 49.0 Å². The molecule has 0 saturated carbocycles. The van der Waals surface area contributed by atoms with Crippen LogP contribution in [0.25, 0.3) is 0 Å². The van der Waals surface area contributed by atoms with Crippen molar-refractivity contribution in [2.75, 3.05) is 19.7 Å². The number of carbonyl (C=O) groups is 2. The highest BCUT2D eigenvalue weighted by Gasteiger charge is 2.41. The summed E-state index contributed by atoms with van der Waals surface area (Å²) in [4.78, 5) is 26.7. The van der Waals surface area contributed by atoms with Crippen LogP contribution >= 0.6 is 0 Å². The number of carbonyl (C=O) groups excluding carboxylic acids is 2. The van der Waals surface area contributed by atoms with Crippen molar-refractivity contribution in [2.24, 2.45) is 0 Å². The number of hydrogen-bond donors (Lipinski definition) is 0. The third kappa shape index (κ3) is 6.36. The largest absolute Gasteiger partial charge is 0.539 e. The van der Waals surface area contributed by atoms with E-state index in [0.29, 0.717) is 38.3 Å². The minimum Gasteiger partial charge on any atom is -0.539 e. The Morgan fingerprint density at radius 1 is 1.03 bits per heavy atom. The summed E-state index contributed by atoms with van der Waals surface area (Å²) in [6.45, 7) is 14.0. The zero-order valence-electron chi connectivity index (χ0n) is 19.1. The van der Waals surface area contributed by atoms with Gasteiger partial charge in [0, 0.05) is 13.1 Å². The molecule has 1 amide bonds. The molecule has 0 unspecified atom stereocenters. The first-order chi connectivity index (χ1) is 14.0. The van der Waals surface area contributed by atoms with Crippen molar-refractivity contribution < 1.29 is 23.5 Å². The Morgan fingerprint density at radius 3 is 2.17 bits per heavy atom. The van der Waals surface area contributed by atoms with Crippen LogP contribution in [-0.4, -0.2) is 45.0 Å². The quantitative estimate of drug-likeness (QED) is 0.265. The predicted octanol–water partition coefficient (Wildman–Crippen LogP) is 5.26. The van der Waals surface area contributed by atoms with E-state index in [1.807, 2.05) is 30.3 Å². The Hall–Kier alpha value is -2.28. The van der Waals surface area contributed by atoms with Crippen LogP contribution in [0.15, 0.2) is 41.7 Å². The molecule has 1 heterocycles. The molecule has 0 aromatic heterocycles. The van der Waals surface area contributed by atoms with Crippen LogP contribution in [-0.2, 0) is 25.3 Å². The molecule has 0 atom stereocenters. The topological polar surface area (TPSA) is 65.1 Å². The Labute approximate surface area is 181 Å². The van der Waals surface area contributed by atoms with Gasteiger partial charge < -0.3 is 18.8 Å². The van der Waals surface area contributed by atoms with Gasteiger partial charge in [0.15, 0.2) is 5.76 Å². The van der Waals surface area contributed by atoms with Gasteiger partial charge >= 0.3 is 12.1 Å². The van der Waals surface area contributed by atoms with Crippen molar-refractivity contribution in [1.29, 1.82) is 0 Å². The van der Waals surface area contributed by atoms with Crippen molar-refractivity contribution >= 4 is 20.4 Å². The molecule has 0 radical (unpaired) electrons. The van der Waals surface area contributed by atoms with E-state index in [2.05, 4.69) is 33.9 Å². The molecule has 1 aromatic carbocycles. The van der Waals surface area contributed by atoms with Crippen molar-refractivity contribution in [1.82, 2.24) is 4.90 Å². The lowest BCUT2D eigenvalue weighted by molar-refractivity contribution is -0.141. The maximum Gasteiger partial charge on any atom is 0.410 e. The van der Waals surface area contributed by atoms with Crippen LogP contribution in [0.4, 0.5) is 4.79 Å². The lowest BCUT2D eigenvalue weighted by Gasteiger charge is -2.38. The molecule has 1 fully saturated rings. The monoisotopic (exact) mass is 433 g/mol. The zero-order valence-corrected chi connectivity index (χ0v) is 20.1. The number of nitrogens with zero attached hydrogens (tertiary/aromatic N) is 1. The maximum atomic E-state index is 12.6. The van der Waals surface area contributed by atoms with E-state index in [9.17, 15) is 9.59 Å². The summed E-state index contributed by atoms with van der Waals surface area (Å²) in [5.41, 5.74) is 1.88. The highest BCUT2D eigenvalue weighted by atomic mass is 28.4. The summed E-state index contributed by atoms with van der Waals surface area (Å²) in [5, 5.41) is -0.0345. The molecular weight excluding hydrogens is 398 g/mol. The fourth-order valence-corrected chi connectivity index (χ4v) is 3.90. The zero-order chi connectivity index (χ0) is 22.4. The van der Waals surface area contributed by atoms with Gasteiger partial charge in [-0.1, -0.05) is 51.1 Å². The first-order valence-corrected chi connectivity index (χ1v) is 13.5. The molecule has 0 bridgehead atoms. The van der Waals surface area contributed by atoms with Crippen LogP contribution in [0.2, 0.25) is 18.1 Å². The maximum absolute atomic E-state index is 12.6. The molecule has 1 aliphatic rings. The molecule has 30 heavy (non-hydrogen) atoms. The van der Waals surface area contributed by atoms with Gasteiger partial charge in [-0.2, -0.15) is 0 Å². The second-order valence-corrected chi connectivity index (χ2v) is 13.8. The number of amides is 1. The first kappa shape index (κ1) is 24.0. The lowest BCUT2D eigenvalue weighted by atomic mass is 10.0. The van der Waals surface area contributed by atoms with Crippen molar-refractivity contribution in [2.45, 2.75) is 65.3 Å². The van der Waals surface area contributed by atoms with Crippen LogP contribution in [0, 0.1) is 0 Å². The Balaban J connectivity index is 2.05. The molecule has 2 rings (SSSR count). The second-order valence-electron chi connectivity index (χ2n) is 9.04. The molecular formula is C23H35NO5Si. The van der Waals surface area contributed by atoms with Gasteiger partial charge in [-0.25, -0.2) is 9.59 Å². The molecule has 7 heteroatoms. The first-order valence-electron chi connectivity index (χ1n) is 10.6. The number of ether oxygens (including phenoxy) is 2. The number of rotatable bonds is 6. The number of likely N-dealkylation sites (tertiary alicyclic amines) is 1. The summed E-state index contributed by atoms with van der Waals surface area (Å²) in [6, 6.07) is 9.61. The Kier molecular flexibility index (Phi) is 8.12. The van der Waals surface area contributed by atoms with E-state index < -0.39 is 14.3 Å². The number of piperidine rings is 1. The molecule has 0 N–H and O–H groups in total. The summed E-state index contributed by atoms with van der Waals surface area (Å²) in [6.07, 6.45) is 0.813. The van der Waals surface area contributed by atoms with Crippen molar-refractivity contribution in [3.8, 4) is 0 Å². The number of esters is 1. The van der Waals surface area contributed by atoms with E-state index in [1.165, 1.54) is 0 Å². The molecule has 1 aliphatic heterocycles. The number of hydrogen-bond acceptors (Lipinski definition) is 5. The average molecular weight is 434 g/mol. The van der Waals surface area contributed by atoms with E-state index >= 15 is 0 Å². The molecule has 0 spiro atoms. The van der Waals surface area contributed by atoms with Crippen molar-refractivity contribution in [3.05, 3.63) is 47.2 Å². The van der Waals surface area contributed by atoms with Crippen LogP contribution in [0.3, 0.4) is 0 Å². The van der Waals surface area contributed by atoms with E-state index in [0.717, 1.165) is 11.1 Å². The summed E-state index contributed by atoms with van der Waals surface area (Å²) >= 11 is 0. The van der Waals surface area contributed by atoms with Gasteiger partial charge in [0.1, 0.15) is 6.61 Å². The van der Waals surface area contributed by atoms with Gasteiger partial charge in [0.05, 0.1) is 6.61 Å². The van der Waals surface area contributed by atoms with E-state index in [1.54, 1.807) is 11.8 Å². The van der Waals surface area contributed by atoms with Gasteiger partial charge in [-0.15, -0.1) is 0 Å². The minimum atomic E-state index is -2.20. The molecule has 6 nitrogen and oxygen atoms in total. The third-order valence-corrected chi connectivity index (χ3v) is 10.1. The number of benzene rings is 1. The lowest BCUT2D eigenvalue weighted by Crippen LogP contribution is -2.43. The van der Waals surface area contributed by atoms with Gasteiger partial charge in [-0.3, -0.25) is 0 Å². The minimum absolute atomic E-state index is 0.0345. The Morgan fingerprint density at radius 2 is 1.63 bits per heavy atom. The van der Waals surface area contributed by atoms with Crippen LogP contribution in [0.5, 0.6) is 0 Å². The van der Waals surface area contributed by atoms with E-state index in [4.69, 9.17) is 13.9 Å². The van der Waals surface area contributed by atoms with Crippen LogP contribution in [0.1, 0.15) is 46.1 Å². The van der Waals surface area contributed by atoms with Gasteiger partial charge in [0.2, 0.25) is 0 Å². The van der Waals surface area contributed by atoms with E-state index in [-0.39, 0.29) is 17.7 Å². The highest BCUT2D eigenvalue weighted by molar-refractivity contribution is 6.74. The fraction of sp³-hybridized carbons (Fsp3) is 0.565. The normalized spacial score (nSPS) is 14.9. The standard InChI is InChI=1S/C23H35NO5Si/c1-7-27-21(25)20(29-30(5,6)23(2,3)4)19-13-15-24(16-14-19)22(26)28-17-18-11-9-8-10-12-18/h8-12H,7,13-17H2,1-6H3. The molecule has 0 aliphatic carbocycles. The third-order valence-electron chi connectivity index (χ3n) is 5.78. The summed E-state index contributed by atoms with van der Waals surface area (Å²) < 4.78 is 17.1. The average Bonchev–Trinajstić information content (AvgIpc) is 2.70. The van der Waals surface area contributed by atoms with Crippen molar-refractivity contribution in [3.63, 3.8) is 0 Å². The fourth-order valence-electron chi connectivity index (χ4n) is 2.86. The SMILES string of the molecule is CCOC(=O)C(O[Si](C)(C)C(C)(C)C)=C1CCN(C(=O)OCc2ccccc2)CC1. The smallest absolute Gasteiger partial charge is 0.410 e. The summed E-state index contributed by atoms with van der Waals surface area (Å²) in [5.74, 6) is -0.0572.